The molecule has 3 rings (SSSR count). The van der Waals surface area contributed by atoms with E-state index in [9.17, 15) is 4.79 Å². The zero-order valence-electron chi connectivity index (χ0n) is 9.71. The Kier molecular flexibility index (Phi) is 2.44. The molecule has 1 aliphatic rings. The van der Waals surface area contributed by atoms with Crippen LogP contribution in [0.25, 0.3) is 0 Å². The highest BCUT2D eigenvalue weighted by Crippen LogP contribution is 2.28. The number of rotatable bonds is 1. The van der Waals surface area contributed by atoms with Crippen molar-refractivity contribution >= 4 is 17.5 Å². The summed E-state index contributed by atoms with van der Waals surface area (Å²) in [4.78, 5) is 21.8. The Balaban J connectivity index is 1.96. The SMILES string of the molecule is Nc1nccc(C(=O)N2CCc3ccccc32)n1. The normalized spacial score (nSPS) is 13.4. The van der Waals surface area contributed by atoms with Gasteiger partial charge >= 0.3 is 0 Å². The maximum Gasteiger partial charge on any atom is 0.277 e. The number of hydrogen-bond acceptors (Lipinski definition) is 4. The first-order valence-corrected chi connectivity index (χ1v) is 5.74. The molecule has 18 heavy (non-hydrogen) atoms. The first-order valence-electron chi connectivity index (χ1n) is 5.74. The minimum atomic E-state index is -0.131. The third-order valence-corrected chi connectivity index (χ3v) is 3.03. The van der Waals surface area contributed by atoms with Gasteiger partial charge in [0.05, 0.1) is 0 Å². The number of nitrogens with zero attached hydrogens (tertiary/aromatic N) is 3. The number of fused-ring (bicyclic) bond motifs is 1. The molecule has 1 aromatic heterocycles. The Morgan fingerprint density at radius 1 is 1.28 bits per heavy atom. The molecule has 5 heteroatoms. The number of aromatic nitrogens is 2. The van der Waals surface area contributed by atoms with E-state index >= 15 is 0 Å². The molecule has 5 nitrogen and oxygen atoms in total. The van der Waals surface area contributed by atoms with Gasteiger partial charge in [-0.05, 0) is 24.1 Å². The van der Waals surface area contributed by atoms with Crippen molar-refractivity contribution in [2.75, 3.05) is 17.2 Å². The van der Waals surface area contributed by atoms with Crippen LogP contribution in [-0.4, -0.2) is 22.4 Å². The minimum absolute atomic E-state index is 0.119. The molecule has 1 aliphatic heterocycles. The van der Waals surface area contributed by atoms with Gasteiger partial charge in [-0.25, -0.2) is 9.97 Å². The van der Waals surface area contributed by atoms with Crippen molar-refractivity contribution in [1.29, 1.82) is 0 Å². The van der Waals surface area contributed by atoms with Gasteiger partial charge < -0.3 is 10.6 Å². The number of carbonyl (C=O) groups is 1. The summed E-state index contributed by atoms with van der Waals surface area (Å²) in [5, 5.41) is 0. The standard InChI is InChI=1S/C13H12N4O/c14-13-15-7-5-10(16-13)12(18)17-8-6-9-3-1-2-4-11(9)17/h1-5,7H,6,8H2,(H2,14,15,16). The fourth-order valence-corrected chi connectivity index (χ4v) is 2.18. The highest BCUT2D eigenvalue weighted by molar-refractivity contribution is 6.06. The monoisotopic (exact) mass is 240 g/mol. The van der Waals surface area contributed by atoms with Gasteiger partial charge in [-0.15, -0.1) is 0 Å². The lowest BCUT2D eigenvalue weighted by atomic mass is 10.2. The van der Waals surface area contributed by atoms with Gasteiger partial charge in [0.2, 0.25) is 5.95 Å². The summed E-state index contributed by atoms with van der Waals surface area (Å²) in [6, 6.07) is 9.48. The van der Waals surface area contributed by atoms with Crippen LogP contribution in [-0.2, 0) is 6.42 Å². The van der Waals surface area contributed by atoms with Crippen LogP contribution in [0.4, 0.5) is 11.6 Å². The van der Waals surface area contributed by atoms with Gasteiger partial charge in [-0.2, -0.15) is 0 Å². The lowest BCUT2D eigenvalue weighted by Crippen LogP contribution is -2.29. The summed E-state index contributed by atoms with van der Waals surface area (Å²) >= 11 is 0. The lowest BCUT2D eigenvalue weighted by Gasteiger charge is -2.16. The summed E-state index contributed by atoms with van der Waals surface area (Å²) in [5.74, 6) is -0.0117. The van der Waals surface area contributed by atoms with Gasteiger partial charge in [0, 0.05) is 18.4 Å². The lowest BCUT2D eigenvalue weighted by molar-refractivity contribution is 0.0984. The molecule has 0 atom stereocenters. The number of para-hydroxylation sites is 1. The van der Waals surface area contributed by atoms with Gasteiger partial charge in [0.1, 0.15) is 5.69 Å². The molecule has 2 heterocycles. The van der Waals surface area contributed by atoms with Crippen molar-refractivity contribution in [1.82, 2.24) is 9.97 Å². The van der Waals surface area contributed by atoms with E-state index in [1.165, 1.54) is 11.8 Å². The molecule has 1 aromatic carbocycles. The number of benzene rings is 1. The maximum atomic E-state index is 12.3. The van der Waals surface area contributed by atoms with Crippen LogP contribution in [0.3, 0.4) is 0 Å². The van der Waals surface area contributed by atoms with E-state index in [4.69, 9.17) is 5.73 Å². The fourth-order valence-electron chi connectivity index (χ4n) is 2.18. The Bertz CT molecular complexity index is 611. The summed E-state index contributed by atoms with van der Waals surface area (Å²) in [5.41, 5.74) is 7.98. The van der Waals surface area contributed by atoms with Crippen molar-refractivity contribution in [2.45, 2.75) is 6.42 Å². The molecule has 0 radical (unpaired) electrons. The fraction of sp³-hybridized carbons (Fsp3) is 0.154. The third-order valence-electron chi connectivity index (χ3n) is 3.03. The minimum Gasteiger partial charge on any atom is -0.368 e. The summed E-state index contributed by atoms with van der Waals surface area (Å²) in [7, 11) is 0. The molecule has 90 valence electrons. The predicted molar refractivity (Wildman–Crippen MR) is 68.3 cm³/mol. The molecule has 0 bridgehead atoms. The van der Waals surface area contributed by atoms with Crippen molar-refractivity contribution < 1.29 is 4.79 Å². The van der Waals surface area contributed by atoms with Gasteiger partial charge in [0.15, 0.2) is 0 Å². The van der Waals surface area contributed by atoms with Crippen LogP contribution in [0.15, 0.2) is 36.5 Å². The Hall–Kier alpha value is -2.43. The van der Waals surface area contributed by atoms with E-state index in [1.54, 1.807) is 11.0 Å². The highest BCUT2D eigenvalue weighted by atomic mass is 16.2. The van der Waals surface area contributed by atoms with Crippen molar-refractivity contribution in [3.05, 3.63) is 47.8 Å². The zero-order chi connectivity index (χ0) is 12.5. The molecule has 0 saturated carbocycles. The Labute approximate surface area is 104 Å². The highest BCUT2D eigenvalue weighted by Gasteiger charge is 2.25. The van der Waals surface area contributed by atoms with Crippen LogP contribution in [0.1, 0.15) is 16.1 Å². The maximum absolute atomic E-state index is 12.3. The Morgan fingerprint density at radius 3 is 2.94 bits per heavy atom. The van der Waals surface area contributed by atoms with Crippen LogP contribution in [0.5, 0.6) is 0 Å². The van der Waals surface area contributed by atoms with Crippen molar-refractivity contribution in [3.63, 3.8) is 0 Å². The molecular weight excluding hydrogens is 228 g/mol. The molecule has 2 aromatic rings. The van der Waals surface area contributed by atoms with E-state index in [-0.39, 0.29) is 11.9 Å². The number of nitrogens with two attached hydrogens (primary N) is 1. The quantitative estimate of drug-likeness (QED) is 0.814. The summed E-state index contributed by atoms with van der Waals surface area (Å²) < 4.78 is 0. The molecule has 0 spiro atoms. The van der Waals surface area contributed by atoms with Gasteiger partial charge in [0.25, 0.3) is 5.91 Å². The molecule has 1 amide bonds. The van der Waals surface area contributed by atoms with Crippen LogP contribution in [0, 0.1) is 0 Å². The second-order valence-corrected chi connectivity index (χ2v) is 4.14. The van der Waals surface area contributed by atoms with Crippen LogP contribution in [0.2, 0.25) is 0 Å². The average Bonchev–Trinajstić information content (AvgIpc) is 2.82. The van der Waals surface area contributed by atoms with E-state index < -0.39 is 0 Å². The smallest absolute Gasteiger partial charge is 0.277 e. The molecule has 0 fully saturated rings. The van der Waals surface area contributed by atoms with E-state index in [2.05, 4.69) is 9.97 Å². The van der Waals surface area contributed by atoms with Crippen LogP contribution >= 0.6 is 0 Å². The molecular formula is C13H12N4O. The molecule has 0 saturated heterocycles. The average molecular weight is 240 g/mol. The zero-order valence-corrected chi connectivity index (χ0v) is 9.71. The summed E-state index contributed by atoms with van der Waals surface area (Å²) in [6.45, 7) is 0.683. The number of nitrogen functional groups attached to an aromatic ring is 1. The van der Waals surface area contributed by atoms with Gasteiger partial charge in [-0.3, -0.25) is 4.79 Å². The van der Waals surface area contributed by atoms with Crippen molar-refractivity contribution in [3.8, 4) is 0 Å². The van der Waals surface area contributed by atoms with E-state index in [0.29, 0.717) is 12.2 Å². The number of anilines is 2. The van der Waals surface area contributed by atoms with Gasteiger partial charge in [-0.1, -0.05) is 18.2 Å². The predicted octanol–water partition coefficient (Wildman–Crippen LogP) is 1.26. The van der Waals surface area contributed by atoms with E-state index in [0.717, 1.165) is 12.1 Å². The first-order chi connectivity index (χ1) is 8.75. The second-order valence-electron chi connectivity index (χ2n) is 4.14. The van der Waals surface area contributed by atoms with Crippen molar-refractivity contribution in [2.24, 2.45) is 0 Å². The largest absolute Gasteiger partial charge is 0.368 e. The molecule has 0 aliphatic carbocycles. The van der Waals surface area contributed by atoms with Crippen LogP contribution < -0.4 is 10.6 Å². The first kappa shape index (κ1) is 10.7. The Morgan fingerprint density at radius 2 is 2.11 bits per heavy atom. The molecule has 0 unspecified atom stereocenters. The third kappa shape index (κ3) is 1.69. The number of carbonyl (C=O) groups excluding carboxylic acids is 1. The number of amides is 1. The molecule has 2 N–H and O–H groups in total. The van der Waals surface area contributed by atoms with E-state index in [1.807, 2.05) is 24.3 Å². The number of hydrogen-bond donors (Lipinski definition) is 1. The topological polar surface area (TPSA) is 72.1 Å². The summed E-state index contributed by atoms with van der Waals surface area (Å²) in [6.07, 6.45) is 2.38. The second kappa shape index (κ2) is 4.10.